The molecule has 0 N–H and O–H groups in total. The quantitative estimate of drug-likeness (QED) is 0.769. The number of hydrogen-bond donors (Lipinski definition) is 0. The van der Waals surface area contributed by atoms with Crippen LogP contribution < -0.4 is 0 Å². The van der Waals surface area contributed by atoms with Crippen LogP contribution in [-0.2, 0) is 16.3 Å². The zero-order chi connectivity index (χ0) is 18.7. The van der Waals surface area contributed by atoms with Gasteiger partial charge < -0.3 is 4.90 Å². The molecule has 1 fully saturated rings. The minimum atomic E-state index is -3.40. The van der Waals surface area contributed by atoms with Gasteiger partial charge >= 0.3 is 0 Å². The lowest BCUT2D eigenvalue weighted by Crippen LogP contribution is -2.33. The number of amides is 1. The molecule has 1 atom stereocenters. The van der Waals surface area contributed by atoms with E-state index >= 15 is 0 Å². The van der Waals surface area contributed by atoms with Gasteiger partial charge in [0.15, 0.2) is 9.84 Å². The smallest absolute Gasteiger partial charge is 0.267 e. The number of hydrogen-bond acceptors (Lipinski definition) is 6. The number of carbonyl (C=O) groups excluding carboxylic acids is 1. The van der Waals surface area contributed by atoms with E-state index in [1.54, 1.807) is 29.2 Å². The molecule has 0 aliphatic carbocycles. The van der Waals surface area contributed by atoms with Crippen molar-refractivity contribution in [1.82, 2.24) is 14.5 Å². The number of nitrogens with zero attached hydrogens (tertiary/aromatic N) is 3. The summed E-state index contributed by atoms with van der Waals surface area (Å²) in [6, 6.07) is 7.00. The first-order chi connectivity index (χ1) is 12.4. The van der Waals surface area contributed by atoms with E-state index in [1.807, 2.05) is 6.92 Å². The molecule has 1 aromatic carbocycles. The van der Waals surface area contributed by atoms with Crippen molar-refractivity contribution in [3.8, 4) is 0 Å². The fourth-order valence-corrected chi connectivity index (χ4v) is 5.97. The number of carbonyl (C=O) groups is 1. The number of sulfone groups is 1. The van der Waals surface area contributed by atoms with Crippen LogP contribution in [-0.4, -0.2) is 47.7 Å². The van der Waals surface area contributed by atoms with Crippen molar-refractivity contribution in [2.45, 2.75) is 31.4 Å². The average Bonchev–Trinajstić information content (AvgIpc) is 3.00. The maximum atomic E-state index is 12.9. The van der Waals surface area contributed by atoms with E-state index < -0.39 is 15.1 Å². The van der Waals surface area contributed by atoms with Gasteiger partial charge in [-0.05, 0) is 36.0 Å². The van der Waals surface area contributed by atoms with Crippen LogP contribution in [0.1, 0.15) is 45.9 Å². The van der Waals surface area contributed by atoms with E-state index in [2.05, 4.69) is 9.59 Å². The second-order valence-electron chi connectivity index (χ2n) is 6.26. The first-order valence-electron chi connectivity index (χ1n) is 8.50. The van der Waals surface area contributed by atoms with Crippen LogP contribution in [0.5, 0.6) is 0 Å². The van der Waals surface area contributed by atoms with Crippen molar-refractivity contribution in [1.29, 1.82) is 0 Å². The topological polar surface area (TPSA) is 80.2 Å². The Labute approximate surface area is 162 Å². The second-order valence-corrected chi connectivity index (χ2v) is 9.72. The molecule has 0 saturated carbocycles. The lowest BCUT2D eigenvalue weighted by atomic mass is 10.1. The third-order valence-electron chi connectivity index (χ3n) is 4.52. The maximum Gasteiger partial charge on any atom is 0.267 e. The molecule has 0 radical (unpaired) electrons. The van der Waals surface area contributed by atoms with E-state index in [4.69, 9.17) is 11.6 Å². The maximum absolute atomic E-state index is 12.9. The minimum absolute atomic E-state index is 0.0794. The molecule has 1 amide bonds. The van der Waals surface area contributed by atoms with Gasteiger partial charge in [-0.15, -0.1) is 5.10 Å². The van der Waals surface area contributed by atoms with Crippen LogP contribution in [0.25, 0.3) is 0 Å². The van der Waals surface area contributed by atoms with E-state index in [0.29, 0.717) is 40.5 Å². The van der Waals surface area contributed by atoms with Crippen LogP contribution in [0.2, 0.25) is 5.02 Å². The summed E-state index contributed by atoms with van der Waals surface area (Å²) in [5.74, 6) is -0.261. The minimum Gasteiger partial charge on any atom is -0.337 e. The summed E-state index contributed by atoms with van der Waals surface area (Å²) in [6.07, 6.45) is 1.88. The molecule has 1 aliphatic heterocycles. The molecule has 1 aromatic heterocycles. The van der Waals surface area contributed by atoms with Crippen molar-refractivity contribution in [2.24, 2.45) is 0 Å². The van der Waals surface area contributed by atoms with E-state index in [1.165, 1.54) is 0 Å². The van der Waals surface area contributed by atoms with Gasteiger partial charge in [-0.2, -0.15) is 0 Å². The molecule has 6 nitrogen and oxygen atoms in total. The number of aromatic nitrogens is 2. The first-order valence-corrected chi connectivity index (χ1v) is 11.4. The molecule has 140 valence electrons. The third-order valence-corrected chi connectivity index (χ3v) is 7.73. The van der Waals surface area contributed by atoms with Crippen LogP contribution in [0.3, 0.4) is 0 Å². The fraction of sp³-hybridized carbons (Fsp3) is 0.471. The fourth-order valence-electron chi connectivity index (χ4n) is 3.15. The average molecular weight is 414 g/mol. The Bertz CT molecular complexity index is 898. The molecule has 0 spiro atoms. The highest BCUT2D eigenvalue weighted by molar-refractivity contribution is 7.91. The lowest BCUT2D eigenvalue weighted by Gasteiger charge is -2.19. The number of rotatable bonds is 4. The Morgan fingerprint density at radius 1 is 1.35 bits per heavy atom. The van der Waals surface area contributed by atoms with Crippen LogP contribution in [0, 0.1) is 0 Å². The molecular weight excluding hydrogens is 394 g/mol. The predicted molar refractivity (Wildman–Crippen MR) is 102 cm³/mol. The van der Waals surface area contributed by atoms with Gasteiger partial charge in [0, 0.05) is 18.1 Å². The van der Waals surface area contributed by atoms with Gasteiger partial charge in [0.1, 0.15) is 4.88 Å². The van der Waals surface area contributed by atoms with Gasteiger partial charge in [0.25, 0.3) is 5.91 Å². The van der Waals surface area contributed by atoms with Crippen molar-refractivity contribution < 1.29 is 13.2 Å². The highest BCUT2D eigenvalue weighted by Gasteiger charge is 2.34. The Balaban J connectivity index is 1.83. The van der Waals surface area contributed by atoms with Crippen LogP contribution in [0.4, 0.5) is 0 Å². The monoisotopic (exact) mass is 413 g/mol. The Hall–Kier alpha value is -1.51. The molecule has 26 heavy (non-hydrogen) atoms. The van der Waals surface area contributed by atoms with Crippen molar-refractivity contribution in [3.63, 3.8) is 0 Å². The number of halogens is 1. The van der Waals surface area contributed by atoms with Crippen molar-refractivity contribution in [3.05, 3.63) is 45.4 Å². The molecule has 0 bridgehead atoms. The van der Waals surface area contributed by atoms with Gasteiger partial charge in [0.05, 0.1) is 16.7 Å². The lowest BCUT2D eigenvalue weighted by molar-refractivity contribution is 0.0770. The predicted octanol–water partition coefficient (Wildman–Crippen LogP) is 3.15. The SMILES string of the molecule is CCCc1nnsc1C(=O)N1CC[C@@H](c2ccccc2Cl)S(=O)(=O)CC1. The zero-order valence-electron chi connectivity index (χ0n) is 14.4. The summed E-state index contributed by atoms with van der Waals surface area (Å²) in [5.41, 5.74) is 1.30. The molecule has 0 unspecified atom stereocenters. The summed E-state index contributed by atoms with van der Waals surface area (Å²) in [5, 5.41) is 3.78. The summed E-state index contributed by atoms with van der Waals surface area (Å²) in [7, 11) is -3.40. The molecule has 9 heteroatoms. The standard InChI is InChI=1S/C17H20ClN3O3S2/c1-2-5-14-16(25-20-19-14)17(22)21-9-8-15(26(23,24)11-10-21)12-6-3-4-7-13(12)18/h3-4,6-7,15H,2,5,8-11H2,1H3/t15-/m0/s1. The molecule has 1 aliphatic rings. The van der Waals surface area contributed by atoms with Gasteiger partial charge in [-0.25, -0.2) is 8.42 Å². The summed E-state index contributed by atoms with van der Waals surface area (Å²) in [4.78, 5) is 15.0. The summed E-state index contributed by atoms with van der Waals surface area (Å²) >= 11 is 7.29. The Kier molecular flexibility index (Phi) is 5.94. The van der Waals surface area contributed by atoms with Gasteiger partial charge in [-0.3, -0.25) is 4.79 Å². The van der Waals surface area contributed by atoms with Crippen molar-refractivity contribution >= 4 is 38.9 Å². The molecular formula is C17H20ClN3O3S2. The van der Waals surface area contributed by atoms with Crippen LogP contribution >= 0.6 is 23.1 Å². The molecule has 2 heterocycles. The van der Waals surface area contributed by atoms with E-state index in [0.717, 1.165) is 18.0 Å². The van der Waals surface area contributed by atoms with Crippen molar-refractivity contribution in [2.75, 3.05) is 18.8 Å². The highest BCUT2D eigenvalue weighted by Crippen LogP contribution is 2.34. The Morgan fingerprint density at radius 2 is 2.12 bits per heavy atom. The van der Waals surface area contributed by atoms with E-state index in [9.17, 15) is 13.2 Å². The molecule has 1 saturated heterocycles. The molecule has 2 aromatic rings. The van der Waals surface area contributed by atoms with Gasteiger partial charge in [0.2, 0.25) is 0 Å². The summed E-state index contributed by atoms with van der Waals surface area (Å²) in [6.45, 7) is 2.54. The van der Waals surface area contributed by atoms with Crippen LogP contribution in [0.15, 0.2) is 24.3 Å². The number of aryl methyl sites for hydroxylation is 1. The second kappa shape index (κ2) is 8.02. The third kappa shape index (κ3) is 3.92. The normalized spacial score (nSPS) is 19.9. The molecule has 3 rings (SSSR count). The zero-order valence-corrected chi connectivity index (χ0v) is 16.8. The largest absolute Gasteiger partial charge is 0.337 e. The first kappa shape index (κ1) is 19.3. The number of benzene rings is 1. The van der Waals surface area contributed by atoms with E-state index in [-0.39, 0.29) is 18.2 Å². The summed E-state index contributed by atoms with van der Waals surface area (Å²) < 4.78 is 29.4. The Morgan fingerprint density at radius 3 is 2.85 bits per heavy atom. The van der Waals surface area contributed by atoms with Gasteiger partial charge in [-0.1, -0.05) is 47.6 Å². The highest BCUT2D eigenvalue weighted by atomic mass is 35.5.